The summed E-state index contributed by atoms with van der Waals surface area (Å²) in [6, 6.07) is 4.45. The molecule has 0 bridgehead atoms. The van der Waals surface area contributed by atoms with Crippen molar-refractivity contribution in [2.75, 3.05) is 11.9 Å². The number of rotatable bonds is 3. The van der Waals surface area contributed by atoms with Gasteiger partial charge in [-0.1, -0.05) is 11.8 Å². The van der Waals surface area contributed by atoms with Gasteiger partial charge < -0.3 is 10.4 Å². The van der Waals surface area contributed by atoms with E-state index in [1.807, 2.05) is 0 Å². The number of benzene rings is 1. The largest absolute Gasteiger partial charge is 0.395 e. The molecule has 1 fully saturated rings. The maximum Gasteiger partial charge on any atom is 0.227 e. The highest BCUT2D eigenvalue weighted by atomic mass is 19.1. The van der Waals surface area contributed by atoms with E-state index >= 15 is 0 Å². The standard InChI is InChI=1S/C14H14FNO2/c15-12-9-10(3-1-2-8-17)4-7-13(12)16-14(18)11-5-6-11/h4,7,9,11,17H,2,5-6,8H2,(H,16,18). The van der Waals surface area contributed by atoms with Crippen molar-refractivity contribution in [3.8, 4) is 11.8 Å². The second kappa shape index (κ2) is 5.65. The highest BCUT2D eigenvalue weighted by molar-refractivity contribution is 5.94. The van der Waals surface area contributed by atoms with Gasteiger partial charge in [-0.2, -0.15) is 0 Å². The number of anilines is 1. The lowest BCUT2D eigenvalue weighted by Gasteiger charge is -2.05. The van der Waals surface area contributed by atoms with Crippen LogP contribution in [-0.2, 0) is 4.79 Å². The van der Waals surface area contributed by atoms with Crippen LogP contribution < -0.4 is 5.32 Å². The summed E-state index contributed by atoms with van der Waals surface area (Å²) in [5.74, 6) is 4.90. The Kier molecular flexibility index (Phi) is 3.96. The maximum absolute atomic E-state index is 13.7. The number of aliphatic hydroxyl groups excluding tert-OH is 1. The second-order valence-corrected chi connectivity index (χ2v) is 4.23. The van der Waals surface area contributed by atoms with Gasteiger partial charge in [0.1, 0.15) is 5.82 Å². The number of aliphatic hydroxyl groups is 1. The summed E-state index contributed by atoms with van der Waals surface area (Å²) >= 11 is 0. The molecular weight excluding hydrogens is 233 g/mol. The molecule has 18 heavy (non-hydrogen) atoms. The zero-order chi connectivity index (χ0) is 13.0. The van der Waals surface area contributed by atoms with Gasteiger partial charge >= 0.3 is 0 Å². The first-order chi connectivity index (χ1) is 8.70. The smallest absolute Gasteiger partial charge is 0.227 e. The van der Waals surface area contributed by atoms with E-state index in [1.54, 1.807) is 6.07 Å². The molecule has 3 nitrogen and oxygen atoms in total. The number of halogens is 1. The molecule has 1 saturated carbocycles. The van der Waals surface area contributed by atoms with Gasteiger partial charge in [-0.05, 0) is 31.0 Å². The quantitative estimate of drug-likeness (QED) is 0.801. The van der Waals surface area contributed by atoms with Crippen LogP contribution in [-0.4, -0.2) is 17.6 Å². The Hall–Kier alpha value is -1.86. The van der Waals surface area contributed by atoms with Crippen molar-refractivity contribution in [2.45, 2.75) is 19.3 Å². The molecule has 1 aliphatic carbocycles. The van der Waals surface area contributed by atoms with Crippen LogP contribution >= 0.6 is 0 Å². The van der Waals surface area contributed by atoms with E-state index in [0.717, 1.165) is 12.8 Å². The van der Waals surface area contributed by atoms with Crippen molar-refractivity contribution in [2.24, 2.45) is 5.92 Å². The fraction of sp³-hybridized carbons (Fsp3) is 0.357. The van der Waals surface area contributed by atoms with Crippen molar-refractivity contribution >= 4 is 11.6 Å². The molecule has 0 aliphatic heterocycles. The van der Waals surface area contributed by atoms with Gasteiger partial charge in [-0.15, -0.1) is 0 Å². The molecule has 1 aromatic rings. The predicted octanol–water partition coefficient (Wildman–Crippen LogP) is 1.91. The summed E-state index contributed by atoms with van der Waals surface area (Å²) in [5, 5.41) is 11.1. The van der Waals surface area contributed by atoms with Crippen molar-refractivity contribution < 1.29 is 14.3 Å². The molecule has 1 amide bonds. The maximum atomic E-state index is 13.7. The predicted molar refractivity (Wildman–Crippen MR) is 66.3 cm³/mol. The normalized spacial score (nSPS) is 13.7. The van der Waals surface area contributed by atoms with Crippen LogP contribution in [0, 0.1) is 23.6 Å². The van der Waals surface area contributed by atoms with E-state index < -0.39 is 5.82 Å². The Morgan fingerprint density at radius 1 is 1.50 bits per heavy atom. The molecule has 4 heteroatoms. The van der Waals surface area contributed by atoms with Crippen LogP contribution in [0.3, 0.4) is 0 Å². The monoisotopic (exact) mass is 247 g/mol. The SMILES string of the molecule is O=C(Nc1ccc(C#CCCO)cc1F)C1CC1. The molecule has 0 aromatic heterocycles. The Bertz CT molecular complexity index is 512. The Morgan fingerprint density at radius 3 is 2.89 bits per heavy atom. The molecule has 1 aromatic carbocycles. The summed E-state index contributed by atoms with van der Waals surface area (Å²) in [7, 11) is 0. The second-order valence-electron chi connectivity index (χ2n) is 4.23. The highest BCUT2D eigenvalue weighted by Gasteiger charge is 2.29. The Morgan fingerprint density at radius 2 is 2.28 bits per heavy atom. The molecule has 0 spiro atoms. The molecule has 0 heterocycles. The lowest BCUT2D eigenvalue weighted by Crippen LogP contribution is -2.14. The van der Waals surface area contributed by atoms with E-state index in [2.05, 4.69) is 17.2 Å². The van der Waals surface area contributed by atoms with Crippen molar-refractivity contribution in [1.82, 2.24) is 0 Å². The average Bonchev–Trinajstić information content (AvgIpc) is 3.17. The number of carbonyl (C=O) groups excluding carboxylic acids is 1. The summed E-state index contributed by atoms with van der Waals surface area (Å²) in [6.45, 7) is -0.00892. The van der Waals surface area contributed by atoms with Gasteiger partial charge in [0.15, 0.2) is 0 Å². The third-order valence-electron chi connectivity index (χ3n) is 2.64. The molecular formula is C14H14FNO2. The van der Waals surface area contributed by atoms with E-state index in [-0.39, 0.29) is 24.1 Å². The first-order valence-corrected chi connectivity index (χ1v) is 5.91. The fourth-order valence-corrected chi connectivity index (χ4v) is 1.50. The minimum absolute atomic E-state index is 0.00892. The molecule has 0 saturated heterocycles. The molecule has 2 rings (SSSR count). The van der Waals surface area contributed by atoms with Crippen molar-refractivity contribution in [3.05, 3.63) is 29.6 Å². The van der Waals surface area contributed by atoms with Gasteiger partial charge in [0.25, 0.3) is 0 Å². The number of hydrogen-bond acceptors (Lipinski definition) is 2. The Labute approximate surface area is 105 Å². The average molecular weight is 247 g/mol. The minimum atomic E-state index is -0.486. The summed E-state index contributed by atoms with van der Waals surface area (Å²) in [4.78, 5) is 11.5. The van der Waals surface area contributed by atoms with E-state index in [9.17, 15) is 9.18 Å². The van der Waals surface area contributed by atoms with Crippen molar-refractivity contribution in [3.63, 3.8) is 0 Å². The molecule has 1 aliphatic rings. The molecule has 2 N–H and O–H groups in total. The van der Waals surface area contributed by atoms with Crippen LogP contribution in [0.2, 0.25) is 0 Å². The van der Waals surface area contributed by atoms with E-state index in [4.69, 9.17) is 5.11 Å². The third kappa shape index (κ3) is 3.31. The first-order valence-electron chi connectivity index (χ1n) is 5.91. The Balaban J connectivity index is 2.05. The van der Waals surface area contributed by atoms with E-state index in [1.165, 1.54) is 12.1 Å². The zero-order valence-electron chi connectivity index (χ0n) is 9.87. The zero-order valence-corrected chi connectivity index (χ0v) is 9.87. The molecule has 94 valence electrons. The van der Waals surface area contributed by atoms with Gasteiger partial charge in [0, 0.05) is 17.9 Å². The van der Waals surface area contributed by atoms with Crippen LogP contribution in [0.4, 0.5) is 10.1 Å². The summed E-state index contributed by atoms with van der Waals surface area (Å²) in [5.41, 5.74) is 0.727. The first kappa shape index (κ1) is 12.6. The molecule has 0 radical (unpaired) electrons. The lowest BCUT2D eigenvalue weighted by molar-refractivity contribution is -0.117. The van der Waals surface area contributed by atoms with Gasteiger partial charge in [-0.3, -0.25) is 4.79 Å². The number of carbonyl (C=O) groups is 1. The van der Waals surface area contributed by atoms with Gasteiger partial charge in [0.05, 0.1) is 12.3 Å². The minimum Gasteiger partial charge on any atom is -0.395 e. The van der Waals surface area contributed by atoms with Crippen LogP contribution in [0.1, 0.15) is 24.8 Å². The highest BCUT2D eigenvalue weighted by Crippen LogP contribution is 2.30. The van der Waals surface area contributed by atoms with Gasteiger partial charge in [0.2, 0.25) is 5.91 Å². The number of hydrogen-bond donors (Lipinski definition) is 2. The van der Waals surface area contributed by atoms with Gasteiger partial charge in [-0.25, -0.2) is 4.39 Å². The topological polar surface area (TPSA) is 49.3 Å². The van der Waals surface area contributed by atoms with Crippen molar-refractivity contribution in [1.29, 1.82) is 0 Å². The fourth-order valence-electron chi connectivity index (χ4n) is 1.50. The van der Waals surface area contributed by atoms with Crippen LogP contribution in [0.25, 0.3) is 0 Å². The number of amides is 1. The van der Waals surface area contributed by atoms with Crippen LogP contribution in [0.15, 0.2) is 18.2 Å². The summed E-state index contributed by atoms with van der Waals surface area (Å²) in [6.07, 6.45) is 2.14. The number of nitrogens with one attached hydrogen (secondary N) is 1. The summed E-state index contributed by atoms with van der Waals surface area (Å²) < 4.78 is 13.7. The molecule has 0 atom stereocenters. The third-order valence-corrected chi connectivity index (χ3v) is 2.64. The van der Waals surface area contributed by atoms with Crippen LogP contribution in [0.5, 0.6) is 0 Å². The lowest BCUT2D eigenvalue weighted by atomic mass is 10.2. The van der Waals surface area contributed by atoms with E-state index in [0.29, 0.717) is 12.0 Å². The molecule has 0 unspecified atom stereocenters.